The van der Waals surface area contributed by atoms with Gasteiger partial charge in [-0.1, -0.05) is 12.1 Å². The zero-order valence-electron chi connectivity index (χ0n) is 17.1. The number of hydrogen-bond acceptors (Lipinski definition) is 4. The van der Waals surface area contributed by atoms with Crippen molar-refractivity contribution in [2.45, 2.75) is 32.2 Å². The Hall–Kier alpha value is -3.09. The van der Waals surface area contributed by atoms with Crippen molar-refractivity contribution in [2.24, 2.45) is 0 Å². The molecule has 1 aliphatic rings. The average Bonchev–Trinajstić information content (AvgIpc) is 2.75. The maximum Gasteiger partial charge on any atom is 0.260 e. The minimum Gasteiger partial charge on any atom is -0.494 e. The van der Waals surface area contributed by atoms with Crippen LogP contribution in [0.5, 0.6) is 11.5 Å². The summed E-state index contributed by atoms with van der Waals surface area (Å²) in [6.07, 6.45) is 1.61. The lowest BCUT2D eigenvalue weighted by Gasteiger charge is -2.32. The number of likely N-dealkylation sites (tertiary alicyclic amines) is 1. The van der Waals surface area contributed by atoms with Crippen LogP contribution in [0.15, 0.2) is 48.5 Å². The Kier molecular flexibility index (Phi) is 7.65. The molecule has 0 aliphatic carbocycles. The summed E-state index contributed by atoms with van der Waals surface area (Å²) in [5.41, 5.74) is 0.771. The van der Waals surface area contributed by atoms with Crippen LogP contribution in [0.1, 0.15) is 25.3 Å². The predicted molar refractivity (Wildman–Crippen MR) is 111 cm³/mol. The minimum atomic E-state index is -0.317. The molecule has 0 radical (unpaired) electrons. The summed E-state index contributed by atoms with van der Waals surface area (Å²) >= 11 is 0. The van der Waals surface area contributed by atoms with Crippen LogP contribution in [0.3, 0.4) is 0 Å². The summed E-state index contributed by atoms with van der Waals surface area (Å²) in [4.78, 5) is 26.3. The number of nitrogens with one attached hydrogen (secondary N) is 1. The molecule has 30 heavy (non-hydrogen) atoms. The van der Waals surface area contributed by atoms with Gasteiger partial charge in [0.1, 0.15) is 17.3 Å². The molecular formula is C23H27FN2O4. The Morgan fingerprint density at radius 3 is 2.20 bits per heavy atom. The van der Waals surface area contributed by atoms with Crippen LogP contribution < -0.4 is 14.8 Å². The molecule has 1 fully saturated rings. The van der Waals surface area contributed by atoms with E-state index in [1.54, 1.807) is 29.2 Å². The van der Waals surface area contributed by atoms with Crippen LogP contribution in [0.4, 0.5) is 4.39 Å². The maximum atomic E-state index is 12.9. The SMILES string of the molecule is CCOc1ccc(OCC(=O)N2CCC(NC(=O)Cc3ccc(F)cc3)CC2)cc1. The first-order valence-electron chi connectivity index (χ1n) is 10.2. The highest BCUT2D eigenvalue weighted by molar-refractivity contribution is 5.79. The molecule has 0 bridgehead atoms. The summed E-state index contributed by atoms with van der Waals surface area (Å²) in [5.74, 6) is 0.905. The summed E-state index contributed by atoms with van der Waals surface area (Å²) in [7, 11) is 0. The predicted octanol–water partition coefficient (Wildman–Crippen LogP) is 2.95. The Morgan fingerprint density at radius 1 is 1.00 bits per heavy atom. The number of hydrogen-bond donors (Lipinski definition) is 1. The normalized spacial score (nSPS) is 14.3. The number of carbonyl (C=O) groups excluding carboxylic acids is 2. The third kappa shape index (κ3) is 6.47. The fourth-order valence-corrected chi connectivity index (χ4v) is 3.37. The third-order valence-corrected chi connectivity index (χ3v) is 4.99. The molecule has 0 atom stereocenters. The molecule has 0 saturated carbocycles. The van der Waals surface area contributed by atoms with E-state index in [9.17, 15) is 14.0 Å². The second-order valence-corrected chi connectivity index (χ2v) is 7.22. The first-order chi connectivity index (χ1) is 14.5. The fraction of sp³-hybridized carbons (Fsp3) is 0.391. The number of amides is 2. The van der Waals surface area contributed by atoms with Crippen LogP contribution in [0.2, 0.25) is 0 Å². The van der Waals surface area contributed by atoms with Crippen LogP contribution >= 0.6 is 0 Å². The van der Waals surface area contributed by atoms with Gasteiger partial charge in [-0.2, -0.15) is 0 Å². The molecule has 1 saturated heterocycles. The van der Waals surface area contributed by atoms with Crippen molar-refractivity contribution in [3.05, 3.63) is 59.9 Å². The standard InChI is InChI=1S/C23H27FN2O4/c1-2-29-20-7-9-21(10-8-20)30-16-23(28)26-13-11-19(12-14-26)25-22(27)15-17-3-5-18(24)6-4-17/h3-10,19H,2,11-16H2,1H3,(H,25,27). The number of halogens is 1. The lowest BCUT2D eigenvalue weighted by molar-refractivity contribution is -0.134. The zero-order chi connectivity index (χ0) is 21.3. The van der Waals surface area contributed by atoms with Gasteiger partial charge in [-0.15, -0.1) is 0 Å². The quantitative estimate of drug-likeness (QED) is 0.721. The molecule has 1 heterocycles. The van der Waals surface area contributed by atoms with Crippen molar-refractivity contribution >= 4 is 11.8 Å². The van der Waals surface area contributed by atoms with Crippen molar-refractivity contribution in [3.63, 3.8) is 0 Å². The molecule has 1 N–H and O–H groups in total. The zero-order valence-corrected chi connectivity index (χ0v) is 17.1. The van der Waals surface area contributed by atoms with Gasteiger partial charge in [-0.25, -0.2) is 4.39 Å². The number of rotatable bonds is 8. The van der Waals surface area contributed by atoms with Crippen LogP contribution in [-0.4, -0.2) is 49.1 Å². The molecule has 3 rings (SSSR count). The molecule has 7 heteroatoms. The summed E-state index contributed by atoms with van der Waals surface area (Å²) in [6, 6.07) is 13.1. The third-order valence-electron chi connectivity index (χ3n) is 4.99. The van der Waals surface area contributed by atoms with Gasteiger partial charge in [-0.05, 0) is 61.7 Å². The minimum absolute atomic E-state index is 0.0183. The van der Waals surface area contributed by atoms with E-state index in [0.29, 0.717) is 38.3 Å². The molecular weight excluding hydrogens is 387 g/mol. The van der Waals surface area contributed by atoms with Gasteiger partial charge in [-0.3, -0.25) is 9.59 Å². The van der Waals surface area contributed by atoms with E-state index in [2.05, 4.69) is 5.32 Å². The summed E-state index contributed by atoms with van der Waals surface area (Å²) < 4.78 is 23.9. The number of benzene rings is 2. The van der Waals surface area contributed by atoms with Gasteiger partial charge in [0.2, 0.25) is 5.91 Å². The molecule has 6 nitrogen and oxygen atoms in total. The number of nitrogens with zero attached hydrogens (tertiary/aromatic N) is 1. The topological polar surface area (TPSA) is 67.9 Å². The number of carbonyl (C=O) groups is 2. The van der Waals surface area contributed by atoms with E-state index in [0.717, 1.165) is 11.3 Å². The molecule has 160 valence electrons. The average molecular weight is 414 g/mol. The van der Waals surface area contributed by atoms with E-state index < -0.39 is 0 Å². The van der Waals surface area contributed by atoms with Crippen molar-refractivity contribution in [1.29, 1.82) is 0 Å². The first-order valence-corrected chi connectivity index (χ1v) is 10.2. The Balaban J connectivity index is 1.37. The van der Waals surface area contributed by atoms with E-state index >= 15 is 0 Å². The largest absolute Gasteiger partial charge is 0.494 e. The fourth-order valence-electron chi connectivity index (χ4n) is 3.37. The monoisotopic (exact) mass is 414 g/mol. The highest BCUT2D eigenvalue weighted by Gasteiger charge is 2.24. The molecule has 0 aromatic heterocycles. The Morgan fingerprint density at radius 2 is 1.60 bits per heavy atom. The molecule has 0 spiro atoms. The lowest BCUT2D eigenvalue weighted by atomic mass is 10.0. The van der Waals surface area contributed by atoms with Gasteiger partial charge in [0.05, 0.1) is 13.0 Å². The first kappa shape index (κ1) is 21.6. The van der Waals surface area contributed by atoms with Gasteiger partial charge in [0, 0.05) is 19.1 Å². The Labute approximate surface area is 176 Å². The molecule has 2 aromatic rings. The van der Waals surface area contributed by atoms with Crippen molar-refractivity contribution in [3.8, 4) is 11.5 Å². The second kappa shape index (κ2) is 10.6. The number of piperidine rings is 1. The van der Waals surface area contributed by atoms with Gasteiger partial charge >= 0.3 is 0 Å². The number of ether oxygens (including phenoxy) is 2. The Bertz CT molecular complexity index is 831. The molecule has 2 amide bonds. The summed E-state index contributed by atoms with van der Waals surface area (Å²) in [6.45, 7) is 3.65. The van der Waals surface area contributed by atoms with Gasteiger partial charge in [0.25, 0.3) is 5.91 Å². The smallest absolute Gasteiger partial charge is 0.260 e. The molecule has 2 aromatic carbocycles. The van der Waals surface area contributed by atoms with Gasteiger partial charge < -0.3 is 19.7 Å². The summed E-state index contributed by atoms with van der Waals surface area (Å²) in [5, 5.41) is 3.00. The maximum absolute atomic E-state index is 12.9. The van der Waals surface area contributed by atoms with Crippen molar-refractivity contribution in [2.75, 3.05) is 26.3 Å². The van der Waals surface area contributed by atoms with Crippen LogP contribution in [0, 0.1) is 5.82 Å². The van der Waals surface area contributed by atoms with Crippen LogP contribution in [0.25, 0.3) is 0 Å². The van der Waals surface area contributed by atoms with Gasteiger partial charge in [0.15, 0.2) is 6.61 Å². The second-order valence-electron chi connectivity index (χ2n) is 7.22. The van der Waals surface area contributed by atoms with E-state index in [1.807, 2.05) is 19.1 Å². The van der Waals surface area contributed by atoms with Crippen LogP contribution in [-0.2, 0) is 16.0 Å². The highest BCUT2D eigenvalue weighted by atomic mass is 19.1. The lowest BCUT2D eigenvalue weighted by Crippen LogP contribution is -2.48. The van der Waals surface area contributed by atoms with E-state index in [4.69, 9.17) is 9.47 Å². The van der Waals surface area contributed by atoms with E-state index in [1.165, 1.54) is 12.1 Å². The highest BCUT2D eigenvalue weighted by Crippen LogP contribution is 2.18. The van der Waals surface area contributed by atoms with Crippen molar-refractivity contribution < 1.29 is 23.5 Å². The van der Waals surface area contributed by atoms with E-state index in [-0.39, 0.29) is 36.7 Å². The molecule has 1 aliphatic heterocycles. The molecule has 0 unspecified atom stereocenters. The van der Waals surface area contributed by atoms with Crippen molar-refractivity contribution in [1.82, 2.24) is 10.2 Å².